The smallest absolute Gasteiger partial charge is 0.339 e. The average Bonchev–Trinajstić information content (AvgIpc) is 2.86. The molecule has 1 heterocycles. The molecule has 0 saturated heterocycles. The van der Waals surface area contributed by atoms with E-state index in [4.69, 9.17) is 16.7 Å². The summed E-state index contributed by atoms with van der Waals surface area (Å²) in [5.74, 6) is -2.33. The molecule has 0 aliphatic heterocycles. The fourth-order valence-corrected chi connectivity index (χ4v) is 6.01. The van der Waals surface area contributed by atoms with Crippen LogP contribution in [0.5, 0.6) is 5.75 Å². The van der Waals surface area contributed by atoms with E-state index in [0.717, 1.165) is 21.4 Å². The summed E-state index contributed by atoms with van der Waals surface area (Å²) in [5.41, 5.74) is 0.318. The zero-order valence-electron chi connectivity index (χ0n) is 13.0. The molecule has 0 aliphatic carbocycles. The number of aromatic carboxylic acids is 1. The number of rotatable bonds is 4. The molecule has 0 bridgehead atoms. The number of hydrogen-bond acceptors (Lipinski definition) is 5. The zero-order chi connectivity index (χ0) is 18.4. The molecular weight excluding hydrogens is 384 g/mol. The molecule has 0 radical (unpaired) electrons. The SMILES string of the molecule is Cc1c(S(=O)(=O)Cc2cccc(C(=O)O)c2O)sc2ccc(Cl)cc12. The standard InChI is InChI=1S/C17H13ClO5S2/c1-9-13-7-11(18)5-6-14(13)24-17(9)25(22,23)8-10-3-2-4-12(15(10)19)16(20)21/h2-7,19H,8H2,1H3,(H,20,21). The van der Waals surface area contributed by atoms with Gasteiger partial charge in [0.2, 0.25) is 0 Å². The summed E-state index contributed by atoms with van der Waals surface area (Å²) in [6.45, 7) is 1.70. The summed E-state index contributed by atoms with van der Waals surface area (Å²) in [7, 11) is -3.76. The third-order valence-electron chi connectivity index (χ3n) is 3.83. The van der Waals surface area contributed by atoms with Crippen LogP contribution in [0.1, 0.15) is 21.5 Å². The highest BCUT2D eigenvalue weighted by molar-refractivity contribution is 7.93. The molecule has 1 aromatic heterocycles. The van der Waals surface area contributed by atoms with Gasteiger partial charge in [0.1, 0.15) is 15.5 Å². The second-order valence-electron chi connectivity index (χ2n) is 5.53. The number of thiophene rings is 1. The van der Waals surface area contributed by atoms with Gasteiger partial charge in [0.15, 0.2) is 9.84 Å². The van der Waals surface area contributed by atoms with Gasteiger partial charge in [-0.3, -0.25) is 0 Å². The summed E-state index contributed by atoms with van der Waals surface area (Å²) < 4.78 is 26.6. The maximum atomic E-state index is 12.8. The van der Waals surface area contributed by atoms with Crippen LogP contribution in [-0.4, -0.2) is 24.6 Å². The van der Waals surface area contributed by atoms with Crippen molar-refractivity contribution in [3.8, 4) is 5.75 Å². The van der Waals surface area contributed by atoms with Crippen LogP contribution in [0.4, 0.5) is 0 Å². The van der Waals surface area contributed by atoms with Gasteiger partial charge in [-0.05, 0) is 42.1 Å². The molecule has 0 unspecified atom stereocenters. The Hall–Kier alpha value is -2.09. The first kappa shape index (κ1) is 17.7. The molecule has 0 atom stereocenters. The Kier molecular flexibility index (Phi) is 4.49. The maximum Gasteiger partial charge on any atom is 0.339 e. The van der Waals surface area contributed by atoms with Crippen molar-refractivity contribution in [2.24, 2.45) is 0 Å². The summed E-state index contributed by atoms with van der Waals surface area (Å²) in [6.07, 6.45) is 0. The number of phenols is 1. The number of carboxylic acid groups (broad SMARTS) is 1. The molecule has 3 rings (SSSR count). The minimum absolute atomic E-state index is 0.0507. The molecule has 130 valence electrons. The largest absolute Gasteiger partial charge is 0.507 e. The van der Waals surface area contributed by atoms with Crippen LogP contribution in [0.3, 0.4) is 0 Å². The lowest BCUT2D eigenvalue weighted by molar-refractivity contribution is 0.0693. The van der Waals surface area contributed by atoms with E-state index in [-0.39, 0.29) is 15.3 Å². The molecule has 0 aliphatic rings. The summed E-state index contributed by atoms with van der Waals surface area (Å²) in [6, 6.07) is 9.20. The normalized spacial score (nSPS) is 11.8. The predicted octanol–water partition coefficient (Wildman–Crippen LogP) is 4.24. The Morgan fingerprint density at radius 2 is 1.96 bits per heavy atom. The highest BCUT2D eigenvalue weighted by atomic mass is 35.5. The third-order valence-corrected chi connectivity index (χ3v) is 7.71. The molecular formula is C17H13ClO5S2. The van der Waals surface area contributed by atoms with E-state index in [0.29, 0.717) is 10.6 Å². The van der Waals surface area contributed by atoms with Crippen molar-refractivity contribution in [1.29, 1.82) is 0 Å². The Balaban J connectivity index is 2.08. The van der Waals surface area contributed by atoms with Crippen LogP contribution in [0.2, 0.25) is 5.02 Å². The molecule has 8 heteroatoms. The van der Waals surface area contributed by atoms with Gasteiger partial charge in [0.05, 0.1) is 5.75 Å². The lowest BCUT2D eigenvalue weighted by Gasteiger charge is -2.08. The van der Waals surface area contributed by atoms with E-state index in [9.17, 15) is 18.3 Å². The minimum Gasteiger partial charge on any atom is -0.507 e. The third kappa shape index (κ3) is 3.22. The summed E-state index contributed by atoms with van der Waals surface area (Å²) in [4.78, 5) is 11.1. The van der Waals surface area contributed by atoms with E-state index in [1.807, 2.05) is 0 Å². The molecule has 5 nitrogen and oxygen atoms in total. The number of aryl methyl sites for hydroxylation is 1. The van der Waals surface area contributed by atoms with Crippen molar-refractivity contribution in [3.63, 3.8) is 0 Å². The van der Waals surface area contributed by atoms with Gasteiger partial charge in [-0.2, -0.15) is 0 Å². The first-order chi connectivity index (χ1) is 11.7. The Labute approximate surface area is 153 Å². The van der Waals surface area contributed by atoms with E-state index >= 15 is 0 Å². The minimum atomic E-state index is -3.76. The van der Waals surface area contributed by atoms with Crippen molar-refractivity contribution >= 4 is 48.8 Å². The van der Waals surface area contributed by atoms with Gasteiger partial charge >= 0.3 is 5.97 Å². The van der Waals surface area contributed by atoms with Crippen LogP contribution in [0.15, 0.2) is 40.6 Å². The van der Waals surface area contributed by atoms with Crippen LogP contribution >= 0.6 is 22.9 Å². The molecule has 2 aromatic carbocycles. The fraction of sp³-hybridized carbons (Fsp3) is 0.118. The first-order valence-corrected chi connectivity index (χ1v) is 10.0. The molecule has 0 saturated carbocycles. The summed E-state index contributed by atoms with van der Waals surface area (Å²) >= 11 is 7.11. The Bertz CT molecular complexity index is 1100. The van der Waals surface area contributed by atoms with Gasteiger partial charge < -0.3 is 10.2 Å². The molecule has 3 aromatic rings. The Morgan fingerprint density at radius 3 is 2.64 bits per heavy atom. The fourth-order valence-electron chi connectivity index (χ4n) is 2.62. The van der Waals surface area contributed by atoms with Gasteiger partial charge in [-0.1, -0.05) is 23.7 Å². The van der Waals surface area contributed by atoms with Crippen molar-refractivity contribution in [3.05, 3.63) is 58.1 Å². The topological polar surface area (TPSA) is 91.7 Å². The number of sulfone groups is 1. The van der Waals surface area contributed by atoms with Crippen LogP contribution in [-0.2, 0) is 15.6 Å². The number of fused-ring (bicyclic) bond motifs is 1. The van der Waals surface area contributed by atoms with Gasteiger partial charge in [0, 0.05) is 15.3 Å². The van der Waals surface area contributed by atoms with E-state index < -0.39 is 27.3 Å². The molecule has 0 fully saturated rings. The second kappa shape index (κ2) is 6.33. The van der Waals surface area contributed by atoms with E-state index in [1.54, 1.807) is 25.1 Å². The molecule has 0 amide bonds. The number of halogens is 1. The van der Waals surface area contributed by atoms with Crippen LogP contribution in [0.25, 0.3) is 10.1 Å². The number of aromatic hydroxyl groups is 1. The zero-order valence-corrected chi connectivity index (χ0v) is 15.4. The van der Waals surface area contributed by atoms with Crippen molar-refractivity contribution in [2.75, 3.05) is 0 Å². The van der Waals surface area contributed by atoms with Gasteiger partial charge in [0.25, 0.3) is 0 Å². The van der Waals surface area contributed by atoms with Gasteiger partial charge in [-0.15, -0.1) is 11.3 Å². The molecule has 25 heavy (non-hydrogen) atoms. The van der Waals surface area contributed by atoms with Crippen LogP contribution in [0, 0.1) is 6.92 Å². The predicted molar refractivity (Wildman–Crippen MR) is 97.5 cm³/mol. The quantitative estimate of drug-likeness (QED) is 0.688. The van der Waals surface area contributed by atoms with E-state index in [2.05, 4.69) is 0 Å². The summed E-state index contributed by atoms with van der Waals surface area (Å²) in [5, 5.41) is 20.4. The number of para-hydroxylation sites is 1. The maximum absolute atomic E-state index is 12.8. The highest BCUT2D eigenvalue weighted by Gasteiger charge is 2.25. The number of hydrogen-bond donors (Lipinski definition) is 2. The Morgan fingerprint density at radius 1 is 1.24 bits per heavy atom. The molecule has 0 spiro atoms. The number of carboxylic acids is 1. The van der Waals surface area contributed by atoms with Crippen LogP contribution < -0.4 is 0 Å². The molecule has 2 N–H and O–H groups in total. The second-order valence-corrected chi connectivity index (χ2v) is 9.21. The van der Waals surface area contributed by atoms with Crippen molar-refractivity contribution in [1.82, 2.24) is 0 Å². The lowest BCUT2D eigenvalue weighted by atomic mass is 10.1. The van der Waals surface area contributed by atoms with Crippen molar-refractivity contribution < 1.29 is 23.4 Å². The van der Waals surface area contributed by atoms with Gasteiger partial charge in [-0.25, -0.2) is 13.2 Å². The van der Waals surface area contributed by atoms with E-state index in [1.165, 1.54) is 18.2 Å². The lowest BCUT2D eigenvalue weighted by Crippen LogP contribution is -2.06. The van der Waals surface area contributed by atoms with Crippen molar-refractivity contribution in [2.45, 2.75) is 16.9 Å². The highest BCUT2D eigenvalue weighted by Crippen LogP contribution is 2.37. The number of carbonyl (C=O) groups is 1. The monoisotopic (exact) mass is 396 g/mol. The first-order valence-electron chi connectivity index (χ1n) is 7.16. The average molecular weight is 397 g/mol. The number of benzene rings is 2.